The van der Waals surface area contributed by atoms with Crippen LogP contribution in [0.4, 0.5) is 10.5 Å². The fourth-order valence-corrected chi connectivity index (χ4v) is 1.62. The molecule has 4 nitrogen and oxygen atoms in total. The lowest BCUT2D eigenvalue weighted by Crippen LogP contribution is -2.52. The molecule has 106 valence electrons. The quantitative estimate of drug-likeness (QED) is 0.648. The molecule has 1 aromatic rings. The summed E-state index contributed by atoms with van der Waals surface area (Å²) in [7, 11) is 3.18. The number of benzene rings is 1. The van der Waals surface area contributed by atoms with E-state index < -0.39 is 9.96 Å². The zero-order valence-corrected chi connectivity index (χ0v) is 13.3. The average Bonchev–Trinajstić information content (AvgIpc) is 2.29. The summed E-state index contributed by atoms with van der Waals surface area (Å²) in [5.41, 5.74) is 0.666. The number of carbonyl (C=O) groups excluding carboxylic acids is 1. The van der Waals surface area contributed by atoms with Crippen molar-refractivity contribution in [3.05, 3.63) is 29.3 Å². The van der Waals surface area contributed by atoms with Gasteiger partial charge in [0.25, 0.3) is 0 Å². The van der Waals surface area contributed by atoms with Crippen molar-refractivity contribution in [2.24, 2.45) is 0 Å². The molecule has 0 bridgehead atoms. The van der Waals surface area contributed by atoms with E-state index in [1.807, 2.05) is 0 Å². The van der Waals surface area contributed by atoms with Crippen LogP contribution < -0.4 is 10.6 Å². The molecule has 0 aliphatic carbocycles. The number of nitrogens with one attached hydrogen (secondary N) is 2. The minimum absolute atomic E-state index is 0.377. The summed E-state index contributed by atoms with van der Waals surface area (Å²) < 4.78 is -1.70. The zero-order chi connectivity index (χ0) is 14.6. The van der Waals surface area contributed by atoms with Gasteiger partial charge in [-0.3, -0.25) is 0 Å². The van der Waals surface area contributed by atoms with Gasteiger partial charge in [-0.15, -0.1) is 0 Å². The first-order valence-corrected chi connectivity index (χ1v) is 6.78. The number of anilines is 1. The van der Waals surface area contributed by atoms with E-state index in [1.54, 1.807) is 38.4 Å². The molecule has 0 aliphatic heterocycles. The molecule has 0 aromatic heterocycles. The van der Waals surface area contributed by atoms with Crippen LogP contribution in [0.2, 0.25) is 5.02 Å². The van der Waals surface area contributed by atoms with Gasteiger partial charge in [0.15, 0.2) is 0 Å². The summed E-state index contributed by atoms with van der Waals surface area (Å²) in [6, 6.07) is 6.43. The molecule has 1 aromatic carbocycles. The standard InChI is InChI=1S/C11H13Cl4N3O/c1-18(2)10(19)17-9(11(13,14)15)16-8-5-3-7(12)4-6-8/h3-6,9,16H,1-2H3,(H,17,19)/t9-/m1/s1. The SMILES string of the molecule is CN(C)C(=O)N[C@@H](Nc1ccc(Cl)cc1)C(Cl)(Cl)Cl. The molecule has 1 rings (SSSR count). The van der Waals surface area contributed by atoms with Crippen LogP contribution in [0, 0.1) is 0 Å². The molecular weight excluding hydrogens is 332 g/mol. The number of halogens is 4. The van der Waals surface area contributed by atoms with Crippen LogP contribution in [0.5, 0.6) is 0 Å². The lowest BCUT2D eigenvalue weighted by atomic mass is 10.3. The van der Waals surface area contributed by atoms with Gasteiger partial charge in [-0.05, 0) is 24.3 Å². The van der Waals surface area contributed by atoms with Crippen molar-refractivity contribution in [1.29, 1.82) is 0 Å². The number of urea groups is 1. The van der Waals surface area contributed by atoms with E-state index in [-0.39, 0.29) is 6.03 Å². The van der Waals surface area contributed by atoms with Crippen LogP contribution >= 0.6 is 46.4 Å². The molecule has 2 N–H and O–H groups in total. The van der Waals surface area contributed by atoms with Crippen LogP contribution in [-0.2, 0) is 0 Å². The van der Waals surface area contributed by atoms with E-state index in [0.717, 1.165) is 0 Å². The Hall–Kier alpha value is -0.550. The van der Waals surface area contributed by atoms with Crippen molar-refractivity contribution in [2.45, 2.75) is 9.96 Å². The third kappa shape index (κ3) is 5.53. The van der Waals surface area contributed by atoms with Crippen molar-refractivity contribution >= 4 is 58.1 Å². The predicted molar refractivity (Wildman–Crippen MR) is 81.4 cm³/mol. The van der Waals surface area contributed by atoms with Crippen LogP contribution in [0.1, 0.15) is 0 Å². The third-order valence-corrected chi connectivity index (χ3v) is 3.06. The molecule has 0 spiro atoms. The lowest BCUT2D eigenvalue weighted by molar-refractivity contribution is 0.214. The van der Waals surface area contributed by atoms with Gasteiger partial charge in [0.05, 0.1) is 0 Å². The summed E-state index contributed by atoms with van der Waals surface area (Å²) >= 11 is 23.3. The highest BCUT2D eigenvalue weighted by atomic mass is 35.6. The number of hydrogen-bond acceptors (Lipinski definition) is 2. The number of rotatable bonds is 3. The van der Waals surface area contributed by atoms with Crippen molar-refractivity contribution in [3.8, 4) is 0 Å². The second-order valence-electron chi connectivity index (χ2n) is 3.97. The van der Waals surface area contributed by atoms with Gasteiger partial charge in [0.2, 0.25) is 3.79 Å². The van der Waals surface area contributed by atoms with Gasteiger partial charge >= 0.3 is 6.03 Å². The van der Waals surface area contributed by atoms with Crippen molar-refractivity contribution < 1.29 is 4.79 Å². The highest BCUT2D eigenvalue weighted by Gasteiger charge is 2.34. The van der Waals surface area contributed by atoms with Gasteiger partial charge < -0.3 is 15.5 Å². The predicted octanol–water partition coefficient (Wildman–Crippen LogP) is 3.72. The molecule has 0 radical (unpaired) electrons. The molecule has 0 unspecified atom stereocenters. The second-order valence-corrected chi connectivity index (χ2v) is 6.78. The Morgan fingerprint density at radius 1 is 1.21 bits per heavy atom. The van der Waals surface area contributed by atoms with Crippen molar-refractivity contribution in [3.63, 3.8) is 0 Å². The molecule has 0 aliphatic rings. The minimum Gasteiger partial charge on any atom is -0.362 e. The molecule has 19 heavy (non-hydrogen) atoms. The van der Waals surface area contributed by atoms with Gasteiger partial charge in [-0.25, -0.2) is 4.79 Å². The molecule has 2 amide bonds. The van der Waals surface area contributed by atoms with Crippen LogP contribution in [0.3, 0.4) is 0 Å². The van der Waals surface area contributed by atoms with Crippen molar-refractivity contribution in [1.82, 2.24) is 10.2 Å². The Morgan fingerprint density at radius 3 is 2.16 bits per heavy atom. The summed E-state index contributed by atoms with van der Waals surface area (Å²) in [5.74, 6) is 0. The van der Waals surface area contributed by atoms with Gasteiger partial charge in [-0.2, -0.15) is 0 Å². The van der Waals surface area contributed by atoms with E-state index in [4.69, 9.17) is 46.4 Å². The van der Waals surface area contributed by atoms with Gasteiger partial charge in [-0.1, -0.05) is 46.4 Å². The van der Waals surface area contributed by atoms with Gasteiger partial charge in [0, 0.05) is 24.8 Å². The maximum atomic E-state index is 11.6. The highest BCUT2D eigenvalue weighted by molar-refractivity contribution is 6.68. The largest absolute Gasteiger partial charge is 0.362 e. The molecule has 0 fully saturated rings. The van der Waals surface area contributed by atoms with E-state index in [9.17, 15) is 4.79 Å². The second kappa shape index (κ2) is 6.75. The smallest absolute Gasteiger partial charge is 0.318 e. The minimum atomic E-state index is -1.70. The number of amides is 2. The molecule has 0 heterocycles. The Balaban J connectivity index is 2.81. The normalized spacial score (nSPS) is 12.7. The van der Waals surface area contributed by atoms with Crippen LogP contribution in [-0.4, -0.2) is 35.0 Å². The maximum absolute atomic E-state index is 11.6. The average molecular weight is 345 g/mol. The van der Waals surface area contributed by atoms with E-state index in [2.05, 4.69) is 10.6 Å². The Morgan fingerprint density at radius 2 is 1.74 bits per heavy atom. The number of carbonyl (C=O) groups is 1. The van der Waals surface area contributed by atoms with Crippen molar-refractivity contribution in [2.75, 3.05) is 19.4 Å². The van der Waals surface area contributed by atoms with E-state index in [1.165, 1.54) is 4.90 Å². The first kappa shape index (κ1) is 16.5. The molecule has 8 heteroatoms. The van der Waals surface area contributed by atoms with Crippen LogP contribution in [0.15, 0.2) is 24.3 Å². The summed E-state index contributed by atoms with van der Waals surface area (Å²) in [6.45, 7) is 0. The summed E-state index contributed by atoms with van der Waals surface area (Å²) in [4.78, 5) is 13.0. The highest BCUT2D eigenvalue weighted by Crippen LogP contribution is 2.31. The zero-order valence-electron chi connectivity index (χ0n) is 10.3. The molecular formula is C11H13Cl4N3O. The Kier molecular flexibility index (Phi) is 5.86. The first-order chi connectivity index (χ1) is 8.70. The Bertz CT molecular complexity index is 431. The molecule has 0 saturated carbocycles. The van der Waals surface area contributed by atoms with Gasteiger partial charge in [0.1, 0.15) is 6.17 Å². The molecule has 0 saturated heterocycles. The number of alkyl halides is 3. The monoisotopic (exact) mass is 343 g/mol. The Labute approximate surface area is 131 Å². The first-order valence-electron chi connectivity index (χ1n) is 5.27. The van der Waals surface area contributed by atoms with E-state index in [0.29, 0.717) is 10.7 Å². The third-order valence-electron chi connectivity index (χ3n) is 2.16. The number of nitrogens with zero attached hydrogens (tertiary/aromatic N) is 1. The van der Waals surface area contributed by atoms with Crippen LogP contribution in [0.25, 0.3) is 0 Å². The maximum Gasteiger partial charge on any atom is 0.318 e. The summed E-state index contributed by atoms with van der Waals surface area (Å²) in [6.07, 6.45) is -0.881. The number of hydrogen-bond donors (Lipinski definition) is 2. The lowest BCUT2D eigenvalue weighted by Gasteiger charge is -2.28. The summed E-state index contributed by atoms with van der Waals surface area (Å²) in [5, 5.41) is 6.08. The molecule has 1 atom stereocenters. The fraction of sp³-hybridized carbons (Fsp3) is 0.364. The van der Waals surface area contributed by atoms with E-state index >= 15 is 0 Å². The topological polar surface area (TPSA) is 44.4 Å². The fourth-order valence-electron chi connectivity index (χ4n) is 1.17.